The standard InChI is InChI=1S/C16H26N4O2S/c1-12(2)19-5-4-6-20-14(11-19)13(3)15(17-20)16(21)18-7-9-23(22)10-8-18/h12H,4-11H2,1-3H3. The number of hydrogen-bond acceptors (Lipinski definition) is 4. The van der Waals surface area contributed by atoms with E-state index in [9.17, 15) is 9.00 Å². The molecule has 2 aliphatic rings. The van der Waals surface area contributed by atoms with Gasteiger partial charge in [0.2, 0.25) is 0 Å². The first-order valence-corrected chi connectivity index (χ1v) is 9.90. The lowest BCUT2D eigenvalue weighted by atomic mass is 10.1. The molecular weight excluding hydrogens is 312 g/mol. The van der Waals surface area contributed by atoms with E-state index in [1.54, 1.807) is 4.90 Å². The summed E-state index contributed by atoms with van der Waals surface area (Å²) in [5.41, 5.74) is 2.76. The van der Waals surface area contributed by atoms with Crippen LogP contribution in [0.25, 0.3) is 0 Å². The Labute approximate surface area is 140 Å². The quantitative estimate of drug-likeness (QED) is 0.808. The molecular formula is C16H26N4O2S. The Morgan fingerprint density at radius 2 is 1.87 bits per heavy atom. The molecule has 6 nitrogen and oxygen atoms in total. The topological polar surface area (TPSA) is 58.4 Å². The SMILES string of the molecule is Cc1c(C(=O)N2CCS(=O)CC2)nn2c1CN(C(C)C)CCC2. The van der Waals surface area contributed by atoms with Gasteiger partial charge in [-0.05, 0) is 27.2 Å². The van der Waals surface area contributed by atoms with Crippen LogP contribution in [-0.2, 0) is 23.9 Å². The molecule has 0 unspecified atom stereocenters. The van der Waals surface area contributed by atoms with Crippen LogP contribution in [0, 0.1) is 6.92 Å². The van der Waals surface area contributed by atoms with Crippen molar-refractivity contribution in [2.24, 2.45) is 0 Å². The highest BCUT2D eigenvalue weighted by Gasteiger charge is 2.28. The summed E-state index contributed by atoms with van der Waals surface area (Å²) in [4.78, 5) is 17.0. The highest BCUT2D eigenvalue weighted by Crippen LogP contribution is 2.22. The number of hydrogen-bond donors (Lipinski definition) is 0. The van der Waals surface area contributed by atoms with Crippen LogP contribution in [-0.4, -0.2) is 66.9 Å². The summed E-state index contributed by atoms with van der Waals surface area (Å²) in [6, 6.07) is 0.493. The molecule has 0 N–H and O–H groups in total. The van der Waals surface area contributed by atoms with Crippen molar-refractivity contribution in [3.8, 4) is 0 Å². The van der Waals surface area contributed by atoms with Gasteiger partial charge in [0.1, 0.15) is 0 Å². The largest absolute Gasteiger partial charge is 0.335 e. The summed E-state index contributed by atoms with van der Waals surface area (Å²) in [5, 5.41) is 4.62. The number of carbonyl (C=O) groups excluding carboxylic acids is 1. The predicted molar refractivity (Wildman–Crippen MR) is 90.9 cm³/mol. The second-order valence-corrected chi connectivity index (χ2v) is 8.40. The van der Waals surface area contributed by atoms with E-state index in [2.05, 4.69) is 23.8 Å². The fourth-order valence-electron chi connectivity index (χ4n) is 3.30. The third-order valence-corrected chi connectivity index (χ3v) is 6.16. The number of aryl methyl sites for hydroxylation is 1. The lowest BCUT2D eigenvalue weighted by Crippen LogP contribution is -2.42. The van der Waals surface area contributed by atoms with Crippen LogP contribution in [0.5, 0.6) is 0 Å². The Morgan fingerprint density at radius 3 is 2.52 bits per heavy atom. The number of rotatable bonds is 2. The Bertz CT molecular complexity index is 616. The first-order valence-electron chi connectivity index (χ1n) is 8.42. The average Bonchev–Trinajstić information content (AvgIpc) is 2.71. The number of aromatic nitrogens is 2. The molecule has 1 aromatic rings. The van der Waals surface area contributed by atoms with Gasteiger partial charge in [0.05, 0.1) is 5.69 Å². The monoisotopic (exact) mass is 338 g/mol. The molecule has 1 amide bonds. The molecule has 0 spiro atoms. The van der Waals surface area contributed by atoms with Gasteiger partial charge in [0.15, 0.2) is 5.69 Å². The van der Waals surface area contributed by atoms with E-state index in [4.69, 9.17) is 0 Å². The maximum Gasteiger partial charge on any atom is 0.274 e. The van der Waals surface area contributed by atoms with E-state index in [0.29, 0.717) is 36.3 Å². The molecule has 0 atom stereocenters. The minimum Gasteiger partial charge on any atom is -0.335 e. The van der Waals surface area contributed by atoms with E-state index in [0.717, 1.165) is 31.6 Å². The normalized spacial score (nSPS) is 20.6. The molecule has 0 radical (unpaired) electrons. The smallest absolute Gasteiger partial charge is 0.274 e. The van der Waals surface area contributed by atoms with Crippen molar-refractivity contribution in [3.63, 3.8) is 0 Å². The van der Waals surface area contributed by atoms with E-state index in [1.807, 2.05) is 11.6 Å². The molecule has 1 saturated heterocycles. The molecule has 0 aliphatic carbocycles. The first-order chi connectivity index (χ1) is 11.0. The summed E-state index contributed by atoms with van der Waals surface area (Å²) < 4.78 is 13.5. The van der Waals surface area contributed by atoms with Crippen molar-refractivity contribution in [3.05, 3.63) is 17.0 Å². The second-order valence-electron chi connectivity index (χ2n) is 6.70. The number of nitrogens with zero attached hydrogens (tertiary/aromatic N) is 4. The third-order valence-electron chi connectivity index (χ3n) is 4.89. The second kappa shape index (κ2) is 6.73. The molecule has 0 aromatic carbocycles. The molecule has 2 aliphatic heterocycles. The number of carbonyl (C=O) groups is 1. The van der Waals surface area contributed by atoms with E-state index >= 15 is 0 Å². The van der Waals surface area contributed by atoms with E-state index in [-0.39, 0.29) is 5.91 Å². The van der Waals surface area contributed by atoms with Crippen molar-refractivity contribution >= 4 is 16.7 Å². The van der Waals surface area contributed by atoms with Gasteiger partial charge in [-0.25, -0.2) is 0 Å². The maximum absolute atomic E-state index is 12.8. The van der Waals surface area contributed by atoms with Crippen LogP contribution < -0.4 is 0 Å². The Balaban J connectivity index is 1.83. The van der Waals surface area contributed by atoms with Crippen LogP contribution in [0.4, 0.5) is 0 Å². The zero-order valence-corrected chi connectivity index (χ0v) is 15.1. The van der Waals surface area contributed by atoms with Crippen molar-refractivity contribution < 1.29 is 9.00 Å². The molecule has 3 heterocycles. The molecule has 3 rings (SSSR count). The van der Waals surface area contributed by atoms with Crippen molar-refractivity contribution in [1.29, 1.82) is 0 Å². The van der Waals surface area contributed by atoms with Crippen LogP contribution in [0.15, 0.2) is 0 Å². The first kappa shape index (κ1) is 16.6. The van der Waals surface area contributed by atoms with Crippen LogP contribution in [0.3, 0.4) is 0 Å². The molecule has 128 valence electrons. The minimum atomic E-state index is -0.770. The van der Waals surface area contributed by atoms with Crippen molar-refractivity contribution in [2.75, 3.05) is 31.1 Å². The van der Waals surface area contributed by atoms with Gasteiger partial charge in [0, 0.05) is 66.6 Å². The van der Waals surface area contributed by atoms with Gasteiger partial charge in [-0.3, -0.25) is 18.6 Å². The van der Waals surface area contributed by atoms with Crippen LogP contribution in [0.2, 0.25) is 0 Å². The predicted octanol–water partition coefficient (Wildman–Crippen LogP) is 1.01. The number of fused-ring (bicyclic) bond motifs is 1. The van der Waals surface area contributed by atoms with E-state index in [1.165, 1.54) is 5.69 Å². The molecule has 0 bridgehead atoms. The Morgan fingerprint density at radius 1 is 1.17 bits per heavy atom. The summed E-state index contributed by atoms with van der Waals surface area (Å²) >= 11 is 0. The maximum atomic E-state index is 12.8. The highest BCUT2D eigenvalue weighted by molar-refractivity contribution is 7.85. The van der Waals surface area contributed by atoms with Gasteiger partial charge in [0.25, 0.3) is 5.91 Å². The van der Waals surface area contributed by atoms with Gasteiger partial charge in [-0.15, -0.1) is 0 Å². The molecule has 23 heavy (non-hydrogen) atoms. The fourth-order valence-corrected chi connectivity index (χ4v) is 4.35. The summed E-state index contributed by atoms with van der Waals surface area (Å²) in [6.45, 7) is 10.4. The van der Waals surface area contributed by atoms with Crippen molar-refractivity contribution in [2.45, 2.75) is 46.3 Å². The molecule has 1 aromatic heterocycles. The molecule has 0 saturated carbocycles. The average molecular weight is 338 g/mol. The zero-order chi connectivity index (χ0) is 16.6. The molecule has 1 fully saturated rings. The summed E-state index contributed by atoms with van der Waals surface area (Å²) in [6.07, 6.45) is 1.06. The van der Waals surface area contributed by atoms with Gasteiger partial charge in [-0.2, -0.15) is 5.10 Å². The third kappa shape index (κ3) is 3.35. The minimum absolute atomic E-state index is 0.00382. The molecule has 7 heteroatoms. The Hall–Kier alpha value is -1.21. The highest BCUT2D eigenvalue weighted by atomic mass is 32.2. The zero-order valence-electron chi connectivity index (χ0n) is 14.2. The van der Waals surface area contributed by atoms with Crippen molar-refractivity contribution in [1.82, 2.24) is 19.6 Å². The van der Waals surface area contributed by atoms with E-state index < -0.39 is 10.8 Å². The fraction of sp³-hybridized carbons (Fsp3) is 0.750. The van der Waals surface area contributed by atoms with Gasteiger partial charge >= 0.3 is 0 Å². The lowest BCUT2D eigenvalue weighted by Gasteiger charge is -2.26. The summed E-state index contributed by atoms with van der Waals surface area (Å²) in [7, 11) is -0.770. The summed E-state index contributed by atoms with van der Waals surface area (Å²) in [5.74, 6) is 1.16. The van der Waals surface area contributed by atoms with Crippen LogP contribution in [0.1, 0.15) is 42.0 Å². The van der Waals surface area contributed by atoms with Gasteiger partial charge < -0.3 is 4.90 Å². The number of amides is 1. The van der Waals surface area contributed by atoms with Gasteiger partial charge in [-0.1, -0.05) is 0 Å². The lowest BCUT2D eigenvalue weighted by molar-refractivity contribution is 0.0763. The van der Waals surface area contributed by atoms with Crippen LogP contribution >= 0.6 is 0 Å². The Kier molecular flexibility index (Phi) is 4.87.